The maximum Gasteiger partial charge on any atom is 0.420 e. The number of halogens is 4. The molecule has 4 heterocycles. The smallest absolute Gasteiger partial charge is 0.420 e. The first-order chi connectivity index (χ1) is 20.0. The largest absolute Gasteiger partial charge is 0.467 e. The molecule has 0 saturated heterocycles. The van der Waals surface area contributed by atoms with Gasteiger partial charge < -0.3 is 15.2 Å². The number of nitrogens with zero attached hydrogens (tertiary/aromatic N) is 8. The SMILES string of the molecule is COc1ncc(-c2ccnc(N(C(=O)O)C3CCC(Nc4ncc(C(F)(F)F)c(-c5nn(C)cc5Cl)n4)CC3)c2)cn1. The monoisotopic (exact) mass is 603 g/mol. The van der Waals surface area contributed by atoms with Crippen LogP contribution in [0.5, 0.6) is 6.01 Å². The van der Waals surface area contributed by atoms with E-state index in [1.165, 1.54) is 29.1 Å². The van der Waals surface area contributed by atoms with Crippen molar-refractivity contribution >= 4 is 29.5 Å². The van der Waals surface area contributed by atoms with Crippen molar-refractivity contribution in [2.24, 2.45) is 7.05 Å². The number of hydrogen-bond donors (Lipinski definition) is 2. The molecule has 0 aliphatic heterocycles. The van der Waals surface area contributed by atoms with Crippen LogP contribution in [-0.4, -0.2) is 65.1 Å². The Hall–Kier alpha value is -4.53. The summed E-state index contributed by atoms with van der Waals surface area (Å²) in [5.41, 5.74) is -0.225. The number of anilines is 2. The number of ether oxygens (including phenoxy) is 1. The lowest BCUT2D eigenvalue weighted by Crippen LogP contribution is -2.44. The van der Waals surface area contributed by atoms with Crippen molar-refractivity contribution in [3.05, 3.63) is 53.7 Å². The fourth-order valence-corrected chi connectivity index (χ4v) is 5.13. The highest BCUT2D eigenvalue weighted by Crippen LogP contribution is 2.38. The molecule has 0 radical (unpaired) electrons. The predicted octanol–water partition coefficient (Wildman–Crippen LogP) is 5.32. The van der Waals surface area contributed by atoms with Crippen LogP contribution in [0.1, 0.15) is 31.2 Å². The first-order valence-electron chi connectivity index (χ1n) is 12.8. The average molecular weight is 604 g/mol. The molecule has 2 N–H and O–H groups in total. The highest BCUT2D eigenvalue weighted by atomic mass is 35.5. The molecule has 0 atom stereocenters. The number of methoxy groups -OCH3 is 1. The number of carbonyl (C=O) groups is 1. The van der Waals surface area contributed by atoms with E-state index in [9.17, 15) is 23.1 Å². The molecule has 1 aliphatic rings. The Morgan fingerprint density at radius 3 is 2.40 bits per heavy atom. The van der Waals surface area contributed by atoms with Crippen molar-refractivity contribution in [3.63, 3.8) is 0 Å². The van der Waals surface area contributed by atoms with Crippen LogP contribution >= 0.6 is 11.6 Å². The number of aromatic nitrogens is 7. The summed E-state index contributed by atoms with van der Waals surface area (Å²) in [4.78, 5) is 34.0. The van der Waals surface area contributed by atoms with Gasteiger partial charge in [0.1, 0.15) is 22.8 Å². The summed E-state index contributed by atoms with van der Waals surface area (Å²) >= 11 is 6.12. The van der Waals surface area contributed by atoms with Gasteiger partial charge in [-0.3, -0.25) is 9.58 Å². The van der Waals surface area contributed by atoms with E-state index in [0.29, 0.717) is 43.0 Å². The van der Waals surface area contributed by atoms with Gasteiger partial charge in [-0.2, -0.15) is 18.3 Å². The van der Waals surface area contributed by atoms with Gasteiger partial charge in [-0.25, -0.2) is 29.7 Å². The zero-order valence-corrected chi connectivity index (χ0v) is 23.1. The third-order valence-corrected chi connectivity index (χ3v) is 7.12. The quantitative estimate of drug-likeness (QED) is 0.285. The molecule has 1 amide bonds. The fourth-order valence-electron chi connectivity index (χ4n) is 4.86. The van der Waals surface area contributed by atoms with Crippen molar-refractivity contribution in [2.75, 3.05) is 17.3 Å². The molecule has 0 bridgehead atoms. The summed E-state index contributed by atoms with van der Waals surface area (Å²) in [7, 11) is 3.00. The maximum atomic E-state index is 13.7. The van der Waals surface area contributed by atoms with Crippen molar-refractivity contribution in [3.8, 4) is 28.5 Å². The van der Waals surface area contributed by atoms with E-state index in [4.69, 9.17) is 16.3 Å². The first-order valence-corrected chi connectivity index (χ1v) is 13.2. The van der Waals surface area contributed by atoms with Crippen molar-refractivity contribution < 1.29 is 27.8 Å². The number of amides is 1. The molecule has 0 unspecified atom stereocenters. The highest BCUT2D eigenvalue weighted by molar-refractivity contribution is 6.32. The number of alkyl halides is 3. The van der Waals surface area contributed by atoms with E-state index < -0.39 is 23.5 Å². The van der Waals surface area contributed by atoms with Crippen LogP contribution in [-0.2, 0) is 13.2 Å². The molecule has 0 aromatic carbocycles. The van der Waals surface area contributed by atoms with Gasteiger partial charge in [0.25, 0.3) is 0 Å². The number of nitrogens with one attached hydrogen (secondary N) is 1. The normalized spacial score (nSPS) is 17.1. The summed E-state index contributed by atoms with van der Waals surface area (Å²) in [6.45, 7) is 0. The van der Waals surface area contributed by atoms with Crippen LogP contribution in [0.25, 0.3) is 22.5 Å². The molecule has 1 fully saturated rings. The van der Waals surface area contributed by atoms with Gasteiger partial charge in [-0.15, -0.1) is 0 Å². The van der Waals surface area contributed by atoms with Crippen molar-refractivity contribution in [1.82, 2.24) is 34.7 Å². The molecule has 4 aromatic rings. The number of hydrogen-bond acceptors (Lipinski definition) is 9. The van der Waals surface area contributed by atoms with E-state index in [2.05, 4.69) is 35.3 Å². The van der Waals surface area contributed by atoms with E-state index in [1.807, 2.05) is 0 Å². The lowest BCUT2D eigenvalue weighted by molar-refractivity contribution is -0.137. The number of rotatable bonds is 7. The number of pyridine rings is 1. The van der Waals surface area contributed by atoms with Crippen molar-refractivity contribution in [1.29, 1.82) is 0 Å². The second kappa shape index (κ2) is 11.8. The van der Waals surface area contributed by atoms with Crippen LogP contribution in [0.15, 0.2) is 43.1 Å². The van der Waals surface area contributed by atoms with E-state index in [0.717, 1.165) is 0 Å². The summed E-state index contributed by atoms with van der Waals surface area (Å²) in [6.07, 6.45) is 2.88. The second-order valence-corrected chi connectivity index (χ2v) is 10.0. The molecule has 42 heavy (non-hydrogen) atoms. The molecule has 4 aromatic heterocycles. The maximum absolute atomic E-state index is 13.7. The van der Waals surface area contributed by atoms with Crippen LogP contribution in [0, 0.1) is 0 Å². The summed E-state index contributed by atoms with van der Waals surface area (Å²) < 4.78 is 47.4. The van der Waals surface area contributed by atoms with Crippen LogP contribution < -0.4 is 15.0 Å². The molecular formula is C26H25ClF3N9O3. The predicted molar refractivity (Wildman–Crippen MR) is 146 cm³/mol. The van der Waals surface area contributed by atoms with E-state index in [1.54, 1.807) is 31.6 Å². The summed E-state index contributed by atoms with van der Waals surface area (Å²) in [6, 6.07) is 3.03. The second-order valence-electron chi connectivity index (χ2n) is 9.62. The Morgan fingerprint density at radius 1 is 1.10 bits per heavy atom. The lowest BCUT2D eigenvalue weighted by atomic mass is 9.90. The van der Waals surface area contributed by atoms with Crippen LogP contribution in [0.4, 0.5) is 29.7 Å². The average Bonchev–Trinajstić information content (AvgIpc) is 3.31. The lowest BCUT2D eigenvalue weighted by Gasteiger charge is -2.35. The van der Waals surface area contributed by atoms with Gasteiger partial charge in [0.05, 0.1) is 12.1 Å². The van der Waals surface area contributed by atoms with Gasteiger partial charge in [0, 0.05) is 55.7 Å². The third-order valence-electron chi connectivity index (χ3n) is 6.84. The molecule has 1 saturated carbocycles. The summed E-state index contributed by atoms with van der Waals surface area (Å²) in [5.74, 6) is 0.254. The molecule has 220 valence electrons. The Labute approximate surface area is 242 Å². The molecule has 5 rings (SSSR count). The van der Waals surface area contributed by atoms with Gasteiger partial charge in [-0.05, 0) is 43.4 Å². The Balaban J connectivity index is 1.31. The summed E-state index contributed by atoms with van der Waals surface area (Å²) in [5, 5.41) is 17.2. The molecule has 16 heteroatoms. The van der Waals surface area contributed by atoms with Gasteiger partial charge in [0.2, 0.25) is 5.95 Å². The fraction of sp³-hybridized carbons (Fsp3) is 0.346. The minimum absolute atomic E-state index is 0.00524. The van der Waals surface area contributed by atoms with Gasteiger partial charge in [-0.1, -0.05) is 11.6 Å². The zero-order chi connectivity index (χ0) is 30.0. The third kappa shape index (κ3) is 6.20. The van der Waals surface area contributed by atoms with E-state index >= 15 is 0 Å². The van der Waals surface area contributed by atoms with E-state index in [-0.39, 0.29) is 40.6 Å². The molecule has 12 nitrogen and oxygen atoms in total. The van der Waals surface area contributed by atoms with Crippen molar-refractivity contribution in [2.45, 2.75) is 43.9 Å². The Bertz CT molecular complexity index is 1580. The first kappa shape index (κ1) is 29.0. The minimum atomic E-state index is -4.71. The van der Waals surface area contributed by atoms with Gasteiger partial charge in [0.15, 0.2) is 0 Å². The highest BCUT2D eigenvalue weighted by Gasteiger charge is 2.37. The molecular weight excluding hydrogens is 579 g/mol. The zero-order valence-electron chi connectivity index (χ0n) is 22.4. The number of carboxylic acid groups (broad SMARTS) is 1. The molecule has 0 spiro atoms. The molecule has 1 aliphatic carbocycles. The van der Waals surface area contributed by atoms with Crippen LogP contribution in [0.2, 0.25) is 5.02 Å². The number of aryl methyl sites for hydroxylation is 1. The van der Waals surface area contributed by atoms with Gasteiger partial charge >= 0.3 is 18.3 Å². The topological polar surface area (TPSA) is 144 Å². The standard InChI is InChI=1S/C26H25ClF3N9O3/c1-38-13-19(27)22(37-38)21-18(26(28,29)30)12-32-23(36-21)35-16-3-5-17(6-4-16)39(25(40)41)20-9-14(7-8-31-20)15-10-33-24(42-2)34-11-15/h7-13,16-17H,3-6H2,1-2H3,(H,40,41)(H,32,35,36). The Kier molecular flexibility index (Phi) is 8.11. The Morgan fingerprint density at radius 2 is 1.81 bits per heavy atom. The minimum Gasteiger partial charge on any atom is -0.467 e. The van der Waals surface area contributed by atoms with Crippen LogP contribution in [0.3, 0.4) is 0 Å².